The molecular formula is C72H94N22O11. The fourth-order valence-electron chi connectivity index (χ4n) is 12.3. The quantitative estimate of drug-likeness (QED) is 0.0127. The Morgan fingerprint density at radius 2 is 0.667 bits per heavy atom. The molecule has 8 rings (SSSR count). The number of primary amides is 3. The number of nitrogens with two attached hydrogens (primary N) is 8. The molecule has 0 unspecified atom stereocenters. The first-order chi connectivity index (χ1) is 50.3. The lowest BCUT2D eigenvalue weighted by molar-refractivity contribution is -0.136. The number of benzene rings is 4. The number of fused-ring (bicyclic) bond motifs is 4. The van der Waals surface area contributed by atoms with E-state index in [1.54, 1.807) is 75.0 Å². The summed E-state index contributed by atoms with van der Waals surface area (Å²) in [5.41, 5.74) is 49.8. The van der Waals surface area contributed by atoms with Crippen molar-refractivity contribution in [2.24, 2.45) is 61.8 Å². The summed E-state index contributed by atoms with van der Waals surface area (Å²) in [5, 5.41) is 24.9. The molecule has 10 atom stereocenters. The van der Waals surface area contributed by atoms with E-state index in [2.05, 4.69) is 72.5 Å². The van der Waals surface area contributed by atoms with E-state index in [0.717, 1.165) is 0 Å². The molecule has 0 radical (unpaired) electrons. The fourth-order valence-corrected chi connectivity index (χ4v) is 12.3. The van der Waals surface area contributed by atoms with E-state index < -0.39 is 132 Å². The van der Waals surface area contributed by atoms with Crippen LogP contribution >= 0.6 is 0 Å². The maximum atomic E-state index is 15.8. The number of guanidine groups is 2. The van der Waals surface area contributed by atoms with E-state index in [9.17, 15) is 28.8 Å². The van der Waals surface area contributed by atoms with Crippen LogP contribution in [0.4, 0.5) is 0 Å². The zero-order valence-corrected chi connectivity index (χ0v) is 58.4. The number of hydrogen-bond donors (Lipinski definition) is 20. The third-order valence-electron chi connectivity index (χ3n) is 18.3. The van der Waals surface area contributed by atoms with Crippen molar-refractivity contribution in [3.8, 4) is 0 Å². The molecule has 11 amide bonds. The SMILES string of the molecule is CC[C@H](C)[C@H](NC(=O)[C@H](CCC(N)=O)NC(=O)[C@@H](N)CCCN=C(N)N)C(=O)N[C@@H](Cc1c[nH]c2ccccc12)C(=O)N[C@@H](Cc1c[nH]c2ccccc12)C(=O)N[C@@H](Cc1c[nH]c2ccccc12)C(=O)N[C@@H](Cc1c[nH]c2ccccc12)C(=O)N[C@@H](CCC(N)=O)C(=O)N[C@@H](CCCN=C(N)N)C(N)=O. The summed E-state index contributed by atoms with van der Waals surface area (Å²) in [6.07, 6.45) is 5.39. The van der Waals surface area contributed by atoms with Gasteiger partial charge in [-0.3, -0.25) is 62.7 Å². The van der Waals surface area contributed by atoms with Crippen LogP contribution in [0.5, 0.6) is 0 Å². The van der Waals surface area contributed by atoms with Crippen LogP contribution in [0.15, 0.2) is 132 Å². The molecule has 0 spiro atoms. The first-order valence-corrected chi connectivity index (χ1v) is 34.6. The summed E-state index contributed by atoms with van der Waals surface area (Å²) in [4.78, 5) is 177. The Morgan fingerprint density at radius 1 is 0.371 bits per heavy atom. The topological polar surface area (TPSA) is 580 Å². The van der Waals surface area contributed by atoms with Crippen LogP contribution in [0, 0.1) is 5.92 Å². The summed E-state index contributed by atoms with van der Waals surface area (Å²) in [5.74, 6) is -10.4. The summed E-state index contributed by atoms with van der Waals surface area (Å²) in [6, 6.07) is 16.0. The number of carbonyl (C=O) groups excluding carboxylic acids is 11. The lowest BCUT2D eigenvalue weighted by Crippen LogP contribution is -2.62. The van der Waals surface area contributed by atoms with Crippen LogP contribution < -0.4 is 88.4 Å². The number of carbonyl (C=O) groups is 11. The molecule has 105 heavy (non-hydrogen) atoms. The van der Waals surface area contributed by atoms with Crippen molar-refractivity contribution in [3.63, 3.8) is 0 Å². The lowest BCUT2D eigenvalue weighted by Gasteiger charge is -2.29. The monoisotopic (exact) mass is 1440 g/mol. The number of aromatic amines is 4. The fraction of sp³-hybridized carbons (Fsp3) is 0.375. The molecule has 33 nitrogen and oxygen atoms in total. The molecule has 4 heterocycles. The van der Waals surface area contributed by atoms with Crippen LogP contribution in [0.2, 0.25) is 0 Å². The minimum absolute atomic E-state index is 0.0118. The molecule has 33 heteroatoms. The van der Waals surface area contributed by atoms with Gasteiger partial charge in [0.05, 0.1) is 6.04 Å². The largest absolute Gasteiger partial charge is 0.370 e. The molecule has 28 N–H and O–H groups in total. The van der Waals surface area contributed by atoms with Gasteiger partial charge in [0.25, 0.3) is 0 Å². The van der Waals surface area contributed by atoms with Crippen molar-refractivity contribution in [3.05, 3.63) is 144 Å². The number of aliphatic imine (C=N–C) groups is 2. The molecule has 4 aromatic carbocycles. The van der Waals surface area contributed by atoms with Crippen molar-refractivity contribution in [1.29, 1.82) is 0 Å². The zero-order chi connectivity index (χ0) is 75.9. The molecule has 0 bridgehead atoms. The van der Waals surface area contributed by atoms with Crippen molar-refractivity contribution in [2.45, 2.75) is 152 Å². The highest BCUT2D eigenvalue weighted by molar-refractivity contribution is 6.00. The molecule has 558 valence electrons. The standard InChI is InChI=1S/C72H94N22O11/c1-3-38(2)61(94-65(100)54(25-27-60(75)96)88-63(98)47(73)18-12-28-81-71(77)78)70(105)93-58(33-42-37-86-51-22-11-7-17-46(42)51)69(104)92-57(32-41-36-85-50-21-10-6-16-45(41)50)68(103)91-56(31-40-35-84-49-20-9-5-15-44(40)49)67(102)90-55(30-39-34-83-48-19-8-4-14-43(39)48)66(101)89-53(24-26-59(74)95)64(99)87-52(62(76)97)23-13-29-82-72(79)80/h4-11,14-17,19-22,34-38,47,52-58,61,83-86H,3,12-13,18,23-33,73H2,1-2H3,(H2,74,95)(H2,75,96)(H2,76,97)(H,87,99)(H,88,98)(H,89,101)(H,90,102)(H,91,103)(H,92,104)(H,93,105)(H,94,100)(H4,77,78,81)(H4,79,80,82)/t38-,47-,52-,53-,54-,55-,56-,57-,58-,61-/m0/s1. The van der Waals surface area contributed by atoms with Gasteiger partial charge in [-0.15, -0.1) is 0 Å². The summed E-state index contributed by atoms with van der Waals surface area (Å²) in [7, 11) is 0. The lowest BCUT2D eigenvalue weighted by atomic mass is 9.96. The van der Waals surface area contributed by atoms with E-state index in [1.165, 1.54) is 0 Å². The first kappa shape index (κ1) is 78.4. The molecule has 0 saturated carbocycles. The molecule has 8 aromatic rings. The Morgan fingerprint density at radius 3 is 1.00 bits per heavy atom. The number of H-pyrrole nitrogens is 4. The van der Waals surface area contributed by atoms with Crippen LogP contribution in [0.1, 0.15) is 93.9 Å². The van der Waals surface area contributed by atoms with E-state index in [-0.39, 0.29) is 89.2 Å². The zero-order valence-electron chi connectivity index (χ0n) is 58.4. The predicted molar refractivity (Wildman–Crippen MR) is 397 cm³/mol. The molecular weight excluding hydrogens is 1350 g/mol. The van der Waals surface area contributed by atoms with Gasteiger partial charge in [0.2, 0.25) is 65.0 Å². The maximum absolute atomic E-state index is 15.8. The van der Waals surface area contributed by atoms with Crippen LogP contribution in [0.3, 0.4) is 0 Å². The molecule has 0 saturated heterocycles. The number of nitrogens with one attached hydrogen (secondary N) is 12. The van der Waals surface area contributed by atoms with E-state index in [1.807, 2.05) is 60.7 Å². The van der Waals surface area contributed by atoms with Crippen LogP contribution in [-0.2, 0) is 78.4 Å². The molecule has 0 fully saturated rings. The van der Waals surface area contributed by atoms with Crippen molar-refractivity contribution in [2.75, 3.05) is 13.1 Å². The molecule has 0 aliphatic heterocycles. The third kappa shape index (κ3) is 22.4. The van der Waals surface area contributed by atoms with Crippen molar-refractivity contribution in [1.82, 2.24) is 62.5 Å². The van der Waals surface area contributed by atoms with Gasteiger partial charge in [-0.1, -0.05) is 93.1 Å². The molecule has 0 aliphatic rings. The Balaban J connectivity index is 1.14. The number of amides is 11. The number of aromatic nitrogens is 4. The second-order valence-corrected chi connectivity index (χ2v) is 26.0. The second kappa shape index (κ2) is 37.6. The smallest absolute Gasteiger partial charge is 0.243 e. The van der Waals surface area contributed by atoms with Gasteiger partial charge < -0.3 is 108 Å². The Hall–Kier alpha value is -12.3. The Kier molecular flexibility index (Phi) is 28.1. The average Bonchev–Trinajstić information content (AvgIpc) is 1.69. The second-order valence-electron chi connectivity index (χ2n) is 26.0. The highest BCUT2D eigenvalue weighted by atomic mass is 16.2. The minimum Gasteiger partial charge on any atom is -0.370 e. The van der Waals surface area contributed by atoms with Crippen molar-refractivity contribution >= 4 is 121 Å². The minimum atomic E-state index is -1.56. The Labute approximate surface area is 603 Å². The highest BCUT2D eigenvalue weighted by Crippen LogP contribution is 2.25. The summed E-state index contributed by atoms with van der Waals surface area (Å²) >= 11 is 0. The van der Waals surface area contributed by atoms with Gasteiger partial charge in [-0.25, -0.2) is 0 Å². The highest BCUT2D eigenvalue weighted by Gasteiger charge is 2.38. The normalized spacial score (nSPS) is 14.2. The predicted octanol–water partition coefficient (Wildman–Crippen LogP) is -0.742. The maximum Gasteiger partial charge on any atom is 0.243 e. The number of nitrogens with zero attached hydrogens (tertiary/aromatic N) is 2. The Bertz CT molecular complexity index is 4470. The summed E-state index contributed by atoms with van der Waals surface area (Å²) in [6.45, 7) is 3.74. The van der Waals surface area contributed by atoms with Crippen LogP contribution in [-0.4, -0.2) is 164 Å². The molecule has 0 aliphatic carbocycles. The van der Waals surface area contributed by atoms with E-state index >= 15 is 24.0 Å². The number of para-hydroxylation sites is 4. The van der Waals surface area contributed by atoms with Gasteiger partial charge in [0.1, 0.15) is 48.3 Å². The van der Waals surface area contributed by atoms with Gasteiger partial charge in [0, 0.05) is 120 Å². The number of hydrogen-bond acceptors (Lipinski definition) is 14. The number of rotatable bonds is 41. The van der Waals surface area contributed by atoms with Gasteiger partial charge in [-0.05, 0) is 91.0 Å². The van der Waals surface area contributed by atoms with Gasteiger partial charge in [-0.2, -0.15) is 0 Å². The summed E-state index contributed by atoms with van der Waals surface area (Å²) < 4.78 is 0. The van der Waals surface area contributed by atoms with Gasteiger partial charge >= 0.3 is 0 Å². The van der Waals surface area contributed by atoms with E-state index in [0.29, 0.717) is 78.7 Å². The first-order valence-electron chi connectivity index (χ1n) is 34.6. The van der Waals surface area contributed by atoms with E-state index in [4.69, 9.17) is 45.9 Å². The average molecular weight is 1440 g/mol. The third-order valence-corrected chi connectivity index (χ3v) is 18.3. The molecule has 4 aromatic heterocycles. The van der Waals surface area contributed by atoms with Gasteiger partial charge in [0.15, 0.2) is 11.9 Å². The van der Waals surface area contributed by atoms with Crippen molar-refractivity contribution < 1.29 is 52.7 Å². The van der Waals surface area contributed by atoms with Crippen LogP contribution in [0.25, 0.3) is 43.6 Å².